The van der Waals surface area contributed by atoms with Crippen LogP contribution >= 0.6 is 11.6 Å². The highest BCUT2D eigenvalue weighted by Crippen LogP contribution is 2.31. The average molecular weight is 263 g/mol. The zero-order valence-electron chi connectivity index (χ0n) is 8.32. The lowest BCUT2D eigenvalue weighted by Crippen LogP contribution is -2.08. The summed E-state index contributed by atoms with van der Waals surface area (Å²) in [6.07, 6.45) is -0.950. The largest absolute Gasteiger partial charge is 0.417 e. The number of alkyl halides is 3. The number of aromatic nitrogens is 4. The molecule has 0 aromatic carbocycles. The molecule has 0 saturated heterocycles. The molecule has 0 bridgehead atoms. The summed E-state index contributed by atoms with van der Waals surface area (Å²) in [6, 6.07) is 0.848. The Bertz CT molecular complexity index is 509. The number of hydrogen-bond acceptors (Lipinski definition) is 3. The van der Waals surface area contributed by atoms with E-state index in [1.54, 1.807) is 0 Å². The van der Waals surface area contributed by atoms with Crippen molar-refractivity contribution in [3.63, 3.8) is 0 Å². The van der Waals surface area contributed by atoms with Gasteiger partial charge in [0.05, 0.1) is 22.8 Å². The second-order valence-electron chi connectivity index (χ2n) is 3.24. The molecule has 0 fully saturated rings. The first-order valence-corrected chi connectivity index (χ1v) is 4.88. The van der Waals surface area contributed by atoms with Gasteiger partial charge in [0.15, 0.2) is 0 Å². The Kier molecular flexibility index (Phi) is 3.01. The van der Waals surface area contributed by atoms with Crippen LogP contribution in [0.3, 0.4) is 0 Å². The van der Waals surface area contributed by atoms with Crippen LogP contribution in [0.15, 0.2) is 24.9 Å². The van der Waals surface area contributed by atoms with Gasteiger partial charge in [-0.2, -0.15) is 18.3 Å². The quantitative estimate of drug-likeness (QED) is 0.835. The van der Waals surface area contributed by atoms with Crippen LogP contribution < -0.4 is 0 Å². The summed E-state index contributed by atoms with van der Waals surface area (Å²) in [5.74, 6) is 0. The third kappa shape index (κ3) is 2.73. The lowest BCUT2D eigenvalue weighted by Gasteiger charge is -2.08. The molecule has 0 aliphatic carbocycles. The molecule has 2 aromatic rings. The smallest absolute Gasteiger partial charge is 0.257 e. The van der Waals surface area contributed by atoms with Gasteiger partial charge in [-0.15, -0.1) is 0 Å². The van der Waals surface area contributed by atoms with E-state index in [4.69, 9.17) is 11.6 Å². The van der Waals surface area contributed by atoms with Gasteiger partial charge >= 0.3 is 6.18 Å². The molecule has 0 spiro atoms. The van der Waals surface area contributed by atoms with E-state index in [2.05, 4.69) is 15.1 Å². The SMILES string of the molecule is FC(F)(F)c1cnc(Cn2cncn2)c(Cl)c1. The van der Waals surface area contributed by atoms with Crippen molar-refractivity contribution in [1.29, 1.82) is 0 Å². The van der Waals surface area contributed by atoms with Crippen molar-refractivity contribution in [1.82, 2.24) is 19.7 Å². The summed E-state index contributed by atoms with van der Waals surface area (Å²) >= 11 is 5.73. The minimum Gasteiger partial charge on any atom is -0.257 e. The van der Waals surface area contributed by atoms with Crippen molar-refractivity contribution < 1.29 is 13.2 Å². The first-order valence-electron chi connectivity index (χ1n) is 4.51. The first kappa shape index (κ1) is 11.8. The van der Waals surface area contributed by atoms with E-state index < -0.39 is 11.7 Å². The van der Waals surface area contributed by atoms with E-state index in [1.807, 2.05) is 0 Å². The molecule has 0 saturated carbocycles. The van der Waals surface area contributed by atoms with Crippen LogP contribution in [-0.2, 0) is 12.7 Å². The maximum Gasteiger partial charge on any atom is 0.417 e. The Morgan fingerprint density at radius 1 is 1.35 bits per heavy atom. The van der Waals surface area contributed by atoms with Crippen molar-refractivity contribution >= 4 is 11.6 Å². The lowest BCUT2D eigenvalue weighted by molar-refractivity contribution is -0.137. The average Bonchev–Trinajstić information content (AvgIpc) is 2.72. The third-order valence-corrected chi connectivity index (χ3v) is 2.35. The standard InChI is InChI=1S/C9H6ClF3N4/c10-7-1-6(9(11,12)13)2-15-8(7)3-17-5-14-4-16-17/h1-2,4-5H,3H2. The summed E-state index contributed by atoms with van der Waals surface area (Å²) in [4.78, 5) is 7.38. The van der Waals surface area contributed by atoms with E-state index in [-0.39, 0.29) is 11.6 Å². The first-order chi connectivity index (χ1) is 7.97. The maximum atomic E-state index is 12.4. The molecule has 90 valence electrons. The molecule has 4 nitrogen and oxygen atoms in total. The summed E-state index contributed by atoms with van der Waals surface area (Å²) in [6.45, 7) is 0.178. The third-order valence-electron chi connectivity index (χ3n) is 2.02. The Morgan fingerprint density at radius 3 is 2.65 bits per heavy atom. The fourth-order valence-electron chi connectivity index (χ4n) is 1.21. The summed E-state index contributed by atoms with van der Waals surface area (Å²) in [7, 11) is 0. The second-order valence-corrected chi connectivity index (χ2v) is 3.65. The Labute approximate surface area is 99.1 Å². The number of nitrogens with zero attached hydrogens (tertiary/aromatic N) is 4. The normalized spacial score (nSPS) is 11.8. The highest BCUT2D eigenvalue weighted by molar-refractivity contribution is 6.31. The van der Waals surface area contributed by atoms with Crippen molar-refractivity contribution in [2.24, 2.45) is 0 Å². The predicted octanol–water partition coefficient (Wildman–Crippen LogP) is 2.39. The van der Waals surface area contributed by atoms with Crippen LogP contribution in [0.1, 0.15) is 11.3 Å². The highest BCUT2D eigenvalue weighted by Gasteiger charge is 2.31. The Hall–Kier alpha value is -1.63. The van der Waals surface area contributed by atoms with E-state index in [0.29, 0.717) is 5.69 Å². The number of pyridine rings is 1. The van der Waals surface area contributed by atoms with Crippen molar-refractivity contribution in [2.45, 2.75) is 12.7 Å². The van der Waals surface area contributed by atoms with Gasteiger partial charge in [0.1, 0.15) is 12.7 Å². The van der Waals surface area contributed by atoms with Gasteiger partial charge < -0.3 is 0 Å². The number of hydrogen-bond donors (Lipinski definition) is 0. The molecule has 0 N–H and O–H groups in total. The summed E-state index contributed by atoms with van der Waals surface area (Å²) < 4.78 is 38.5. The van der Waals surface area contributed by atoms with Gasteiger partial charge in [0.2, 0.25) is 0 Å². The van der Waals surface area contributed by atoms with Crippen molar-refractivity contribution in [3.05, 3.63) is 41.2 Å². The van der Waals surface area contributed by atoms with Crippen LogP contribution in [-0.4, -0.2) is 19.7 Å². The molecule has 0 amide bonds. The Balaban J connectivity index is 2.26. The summed E-state index contributed by atoms with van der Waals surface area (Å²) in [5, 5.41) is 3.76. The monoisotopic (exact) mass is 262 g/mol. The summed E-state index contributed by atoms with van der Waals surface area (Å²) in [5.41, 5.74) is -0.560. The fourth-order valence-corrected chi connectivity index (χ4v) is 1.43. The van der Waals surface area contributed by atoms with Gasteiger partial charge in [-0.05, 0) is 6.07 Å². The molecule has 2 aromatic heterocycles. The molecular weight excluding hydrogens is 257 g/mol. The molecule has 8 heteroatoms. The van der Waals surface area contributed by atoms with E-state index in [9.17, 15) is 13.2 Å². The topological polar surface area (TPSA) is 43.6 Å². The van der Waals surface area contributed by atoms with Crippen LogP contribution in [0.25, 0.3) is 0 Å². The molecule has 0 aliphatic rings. The van der Waals surface area contributed by atoms with Crippen LogP contribution in [0, 0.1) is 0 Å². The minimum atomic E-state index is -4.44. The minimum absolute atomic E-state index is 0.0460. The van der Waals surface area contributed by atoms with Crippen molar-refractivity contribution in [2.75, 3.05) is 0 Å². The van der Waals surface area contributed by atoms with Crippen LogP contribution in [0.2, 0.25) is 5.02 Å². The molecule has 0 radical (unpaired) electrons. The second kappa shape index (κ2) is 4.33. The van der Waals surface area contributed by atoms with Gasteiger partial charge in [0.25, 0.3) is 0 Å². The van der Waals surface area contributed by atoms with E-state index in [1.165, 1.54) is 17.3 Å². The van der Waals surface area contributed by atoms with Crippen LogP contribution in [0.4, 0.5) is 13.2 Å². The van der Waals surface area contributed by atoms with Gasteiger partial charge in [0, 0.05) is 6.20 Å². The predicted molar refractivity (Wildman–Crippen MR) is 53.4 cm³/mol. The van der Waals surface area contributed by atoms with Gasteiger partial charge in [-0.3, -0.25) is 4.98 Å². The molecule has 2 rings (SSSR count). The highest BCUT2D eigenvalue weighted by atomic mass is 35.5. The molecule has 17 heavy (non-hydrogen) atoms. The molecular formula is C9H6ClF3N4. The van der Waals surface area contributed by atoms with E-state index >= 15 is 0 Å². The zero-order chi connectivity index (χ0) is 12.5. The molecule has 0 unspecified atom stereocenters. The van der Waals surface area contributed by atoms with Gasteiger partial charge in [-0.25, -0.2) is 9.67 Å². The molecule has 2 heterocycles. The van der Waals surface area contributed by atoms with Crippen LogP contribution in [0.5, 0.6) is 0 Å². The van der Waals surface area contributed by atoms with Crippen molar-refractivity contribution in [3.8, 4) is 0 Å². The zero-order valence-corrected chi connectivity index (χ0v) is 9.07. The number of rotatable bonds is 2. The maximum absolute atomic E-state index is 12.4. The van der Waals surface area contributed by atoms with Gasteiger partial charge in [-0.1, -0.05) is 11.6 Å². The number of halogens is 4. The van der Waals surface area contributed by atoms with E-state index in [0.717, 1.165) is 12.3 Å². The lowest BCUT2D eigenvalue weighted by atomic mass is 10.2. The fraction of sp³-hybridized carbons (Fsp3) is 0.222. The molecule has 0 atom stereocenters. The Morgan fingerprint density at radius 2 is 2.12 bits per heavy atom. The molecule has 0 aliphatic heterocycles.